The van der Waals surface area contributed by atoms with E-state index in [1.54, 1.807) is 49.6 Å². The van der Waals surface area contributed by atoms with Gasteiger partial charge in [-0.05, 0) is 50.2 Å². The summed E-state index contributed by atoms with van der Waals surface area (Å²) >= 11 is 0. The van der Waals surface area contributed by atoms with Crippen molar-refractivity contribution >= 4 is 11.8 Å². The summed E-state index contributed by atoms with van der Waals surface area (Å²) in [5.74, 6) is 1.23. The van der Waals surface area contributed by atoms with Gasteiger partial charge in [-0.15, -0.1) is 0 Å². The number of ether oxygens (including phenoxy) is 2. The number of hydrogen-bond acceptors (Lipinski definition) is 5. The van der Waals surface area contributed by atoms with Crippen molar-refractivity contribution in [3.05, 3.63) is 48.4 Å². The zero-order valence-corrected chi connectivity index (χ0v) is 14.3. The maximum Gasteiger partial charge on any atom is 0.279 e. The van der Waals surface area contributed by atoms with Crippen LogP contribution in [-0.2, 0) is 16.0 Å². The van der Waals surface area contributed by atoms with Crippen LogP contribution in [0.4, 0.5) is 0 Å². The van der Waals surface area contributed by atoms with E-state index in [9.17, 15) is 9.59 Å². The lowest BCUT2D eigenvalue weighted by Gasteiger charge is -2.15. The van der Waals surface area contributed by atoms with Crippen LogP contribution in [0.25, 0.3) is 0 Å². The van der Waals surface area contributed by atoms with Gasteiger partial charge in [-0.25, -0.2) is 0 Å². The highest BCUT2D eigenvalue weighted by atomic mass is 16.5. The molecule has 0 spiro atoms. The number of carbonyl (C=O) groups excluding carboxylic acids is 2. The Morgan fingerprint density at radius 1 is 1.12 bits per heavy atom. The molecular weight excluding hydrogens is 324 g/mol. The second-order valence-electron chi connectivity index (χ2n) is 5.28. The highest BCUT2D eigenvalue weighted by Gasteiger charge is 2.15. The SMILES string of the molecule is CCOc1ccc(OC(C)C(=O)NNC(=O)CCc2ccco2)cc1. The van der Waals surface area contributed by atoms with Gasteiger partial charge in [0.15, 0.2) is 6.10 Å². The van der Waals surface area contributed by atoms with E-state index >= 15 is 0 Å². The van der Waals surface area contributed by atoms with E-state index < -0.39 is 12.0 Å². The molecule has 2 rings (SSSR count). The van der Waals surface area contributed by atoms with E-state index in [1.165, 1.54) is 0 Å². The summed E-state index contributed by atoms with van der Waals surface area (Å²) in [7, 11) is 0. The summed E-state index contributed by atoms with van der Waals surface area (Å²) < 4.78 is 16.0. The number of hydrazine groups is 1. The lowest BCUT2D eigenvalue weighted by atomic mass is 10.2. The largest absolute Gasteiger partial charge is 0.494 e. The smallest absolute Gasteiger partial charge is 0.279 e. The van der Waals surface area contributed by atoms with Gasteiger partial charge in [0, 0.05) is 12.8 Å². The molecule has 0 aliphatic rings. The lowest BCUT2D eigenvalue weighted by molar-refractivity contribution is -0.132. The van der Waals surface area contributed by atoms with Crippen molar-refractivity contribution in [2.24, 2.45) is 0 Å². The molecule has 2 aromatic rings. The van der Waals surface area contributed by atoms with Gasteiger partial charge in [-0.1, -0.05) is 0 Å². The first kappa shape index (κ1) is 18.4. The van der Waals surface area contributed by atoms with E-state index in [0.717, 1.165) is 5.75 Å². The minimum atomic E-state index is -0.761. The van der Waals surface area contributed by atoms with Crippen molar-refractivity contribution in [3.8, 4) is 11.5 Å². The lowest BCUT2D eigenvalue weighted by Crippen LogP contribution is -2.47. The second kappa shape index (κ2) is 9.36. The van der Waals surface area contributed by atoms with Crippen LogP contribution in [-0.4, -0.2) is 24.5 Å². The van der Waals surface area contributed by atoms with Crippen LogP contribution < -0.4 is 20.3 Å². The fraction of sp³-hybridized carbons (Fsp3) is 0.333. The maximum atomic E-state index is 12.0. The number of aryl methyl sites for hydroxylation is 1. The average molecular weight is 346 g/mol. The predicted molar refractivity (Wildman–Crippen MR) is 91.0 cm³/mol. The molecule has 0 saturated carbocycles. The van der Waals surface area contributed by atoms with Gasteiger partial charge in [-0.2, -0.15) is 0 Å². The summed E-state index contributed by atoms with van der Waals surface area (Å²) in [4.78, 5) is 23.7. The third kappa shape index (κ3) is 6.21. The number of carbonyl (C=O) groups is 2. The Balaban J connectivity index is 1.71. The molecule has 25 heavy (non-hydrogen) atoms. The zero-order chi connectivity index (χ0) is 18.1. The van der Waals surface area contributed by atoms with Crippen LogP contribution in [0.5, 0.6) is 11.5 Å². The monoisotopic (exact) mass is 346 g/mol. The fourth-order valence-electron chi connectivity index (χ4n) is 2.03. The molecule has 2 N–H and O–H groups in total. The van der Waals surface area contributed by atoms with E-state index in [-0.39, 0.29) is 12.3 Å². The van der Waals surface area contributed by atoms with Crippen molar-refractivity contribution in [1.82, 2.24) is 10.9 Å². The van der Waals surface area contributed by atoms with Crippen molar-refractivity contribution in [2.75, 3.05) is 6.61 Å². The van der Waals surface area contributed by atoms with Crippen molar-refractivity contribution in [3.63, 3.8) is 0 Å². The second-order valence-corrected chi connectivity index (χ2v) is 5.28. The molecule has 0 radical (unpaired) electrons. The first-order valence-electron chi connectivity index (χ1n) is 8.09. The maximum absolute atomic E-state index is 12.0. The van der Waals surface area contributed by atoms with Crippen molar-refractivity contribution in [1.29, 1.82) is 0 Å². The number of hydrogen-bond donors (Lipinski definition) is 2. The van der Waals surface area contributed by atoms with Gasteiger partial charge >= 0.3 is 0 Å². The summed E-state index contributed by atoms with van der Waals surface area (Å²) in [6.45, 7) is 4.08. The Labute approximate surface area is 146 Å². The Bertz CT molecular complexity index is 667. The van der Waals surface area contributed by atoms with Crippen LogP contribution in [0.2, 0.25) is 0 Å². The van der Waals surface area contributed by atoms with Crippen LogP contribution in [0, 0.1) is 0 Å². The van der Waals surface area contributed by atoms with Crippen LogP contribution >= 0.6 is 0 Å². The van der Waals surface area contributed by atoms with Crippen LogP contribution in [0.1, 0.15) is 26.0 Å². The molecule has 1 unspecified atom stereocenters. The number of amides is 2. The molecule has 0 aliphatic carbocycles. The third-order valence-corrected chi connectivity index (χ3v) is 3.32. The predicted octanol–water partition coefficient (Wildman–Crippen LogP) is 2.23. The van der Waals surface area contributed by atoms with E-state index in [1.807, 2.05) is 6.92 Å². The highest BCUT2D eigenvalue weighted by Crippen LogP contribution is 2.18. The molecule has 1 aromatic heterocycles. The van der Waals surface area contributed by atoms with Gasteiger partial charge in [-0.3, -0.25) is 20.4 Å². The summed E-state index contributed by atoms with van der Waals surface area (Å²) in [6, 6.07) is 10.5. The molecule has 0 fully saturated rings. The number of furan rings is 1. The Kier molecular flexibility index (Phi) is 6.88. The summed E-state index contributed by atoms with van der Waals surface area (Å²) in [5.41, 5.74) is 4.70. The molecular formula is C18H22N2O5. The minimum absolute atomic E-state index is 0.210. The average Bonchev–Trinajstić information content (AvgIpc) is 3.13. The fourth-order valence-corrected chi connectivity index (χ4v) is 2.03. The molecule has 1 aromatic carbocycles. The molecule has 1 heterocycles. The Morgan fingerprint density at radius 2 is 1.84 bits per heavy atom. The third-order valence-electron chi connectivity index (χ3n) is 3.32. The molecule has 7 heteroatoms. The van der Waals surface area contributed by atoms with Crippen molar-refractivity contribution < 1.29 is 23.5 Å². The Morgan fingerprint density at radius 3 is 2.48 bits per heavy atom. The molecule has 134 valence electrons. The Hall–Kier alpha value is -2.96. The topological polar surface area (TPSA) is 89.8 Å². The number of benzene rings is 1. The molecule has 7 nitrogen and oxygen atoms in total. The first-order chi connectivity index (χ1) is 12.1. The molecule has 1 atom stereocenters. The van der Waals surface area contributed by atoms with Gasteiger partial charge < -0.3 is 13.9 Å². The van der Waals surface area contributed by atoms with Gasteiger partial charge in [0.05, 0.1) is 12.9 Å². The standard InChI is InChI=1S/C18H22N2O5/c1-3-23-15-6-8-16(9-7-15)25-13(2)18(22)20-19-17(21)11-10-14-5-4-12-24-14/h4-9,12-13H,3,10-11H2,1-2H3,(H,19,21)(H,20,22). The zero-order valence-electron chi connectivity index (χ0n) is 14.3. The van der Waals surface area contributed by atoms with Crippen LogP contribution in [0.3, 0.4) is 0 Å². The summed E-state index contributed by atoms with van der Waals surface area (Å²) in [5, 5.41) is 0. The van der Waals surface area contributed by atoms with Gasteiger partial charge in [0.25, 0.3) is 5.91 Å². The van der Waals surface area contributed by atoms with E-state index in [4.69, 9.17) is 13.9 Å². The molecule has 2 amide bonds. The quantitative estimate of drug-likeness (QED) is 0.716. The molecule has 0 saturated heterocycles. The number of nitrogens with one attached hydrogen (secondary N) is 2. The van der Waals surface area contributed by atoms with E-state index in [0.29, 0.717) is 24.5 Å². The van der Waals surface area contributed by atoms with E-state index in [2.05, 4.69) is 10.9 Å². The minimum Gasteiger partial charge on any atom is -0.494 e. The molecule has 0 aliphatic heterocycles. The van der Waals surface area contributed by atoms with Crippen molar-refractivity contribution in [2.45, 2.75) is 32.8 Å². The van der Waals surface area contributed by atoms with Gasteiger partial charge in [0.1, 0.15) is 17.3 Å². The first-order valence-corrected chi connectivity index (χ1v) is 8.09. The molecule has 0 bridgehead atoms. The van der Waals surface area contributed by atoms with Crippen LogP contribution in [0.15, 0.2) is 47.1 Å². The summed E-state index contributed by atoms with van der Waals surface area (Å²) in [6.07, 6.45) is 1.47. The van der Waals surface area contributed by atoms with Gasteiger partial charge in [0.2, 0.25) is 5.91 Å². The normalized spacial score (nSPS) is 11.4. The number of rotatable bonds is 8. The highest BCUT2D eigenvalue weighted by molar-refractivity contribution is 5.84.